The van der Waals surface area contributed by atoms with Crippen molar-refractivity contribution in [3.63, 3.8) is 0 Å². The zero-order chi connectivity index (χ0) is 14.4. The summed E-state index contributed by atoms with van der Waals surface area (Å²) in [6.45, 7) is -0.497. The number of nitrogens with zero attached hydrogens (tertiary/aromatic N) is 4. The largest absolute Gasteiger partial charge is 0.394 e. The van der Waals surface area contributed by atoms with E-state index in [9.17, 15) is 9.50 Å². The number of fused-ring (bicyclic) bond motifs is 1. The van der Waals surface area contributed by atoms with Gasteiger partial charge in [0, 0.05) is 0 Å². The van der Waals surface area contributed by atoms with Gasteiger partial charge < -0.3 is 20.7 Å². The summed E-state index contributed by atoms with van der Waals surface area (Å²) in [5, 5.41) is 18.6. The molecule has 4 N–H and O–H groups in total. The topological polar surface area (TPSA) is 119 Å². The predicted molar refractivity (Wildman–Crippen MR) is 66.6 cm³/mol. The minimum Gasteiger partial charge on any atom is -0.394 e. The second-order valence-electron chi connectivity index (χ2n) is 4.38. The van der Waals surface area contributed by atoms with Crippen LogP contribution in [-0.2, 0) is 4.74 Å². The van der Waals surface area contributed by atoms with Crippen LogP contribution in [0.5, 0.6) is 0 Å². The number of alkyl halides is 1. The van der Waals surface area contributed by atoms with Crippen LogP contribution in [0.15, 0.2) is 6.33 Å². The number of aliphatic hydroxyl groups is 2. The number of aliphatic hydroxyl groups excluding tert-OH is 2. The van der Waals surface area contributed by atoms with Gasteiger partial charge in [-0.05, 0) is 11.6 Å². The van der Waals surface area contributed by atoms with Gasteiger partial charge in [0.25, 0.3) is 0 Å². The smallest absolute Gasteiger partial charge is 0.226 e. The van der Waals surface area contributed by atoms with Crippen molar-refractivity contribution in [1.82, 2.24) is 19.5 Å². The van der Waals surface area contributed by atoms with E-state index in [0.29, 0.717) is 0 Å². The van der Waals surface area contributed by atoms with Crippen LogP contribution < -0.4 is 5.73 Å². The molecule has 1 saturated heterocycles. The highest BCUT2D eigenvalue weighted by Gasteiger charge is 2.45. The van der Waals surface area contributed by atoms with Crippen molar-refractivity contribution in [1.29, 1.82) is 0 Å². The second kappa shape index (κ2) is 4.77. The van der Waals surface area contributed by atoms with E-state index in [4.69, 9.17) is 27.2 Å². The van der Waals surface area contributed by atoms with E-state index in [2.05, 4.69) is 15.0 Å². The summed E-state index contributed by atoms with van der Waals surface area (Å²) in [7, 11) is 0. The molecule has 0 aliphatic carbocycles. The number of hydrogen-bond acceptors (Lipinski definition) is 7. The Bertz CT molecular complexity index is 653. The van der Waals surface area contributed by atoms with E-state index < -0.39 is 31.2 Å². The van der Waals surface area contributed by atoms with Crippen LogP contribution >= 0.6 is 11.6 Å². The van der Waals surface area contributed by atoms with Crippen LogP contribution in [0.1, 0.15) is 6.23 Å². The molecule has 4 atom stereocenters. The lowest BCUT2D eigenvalue weighted by Gasteiger charge is -2.15. The molecule has 0 unspecified atom stereocenters. The first-order chi connectivity index (χ1) is 9.52. The van der Waals surface area contributed by atoms with E-state index >= 15 is 0 Å². The Hall–Kier alpha value is -1.55. The first-order valence-electron chi connectivity index (χ1n) is 5.77. The van der Waals surface area contributed by atoms with E-state index in [1.165, 1.54) is 10.9 Å². The van der Waals surface area contributed by atoms with Gasteiger partial charge in [0.15, 0.2) is 23.9 Å². The number of hydrogen-bond donors (Lipinski definition) is 3. The molecular formula is C10H11ClFN5O3. The van der Waals surface area contributed by atoms with Gasteiger partial charge in [-0.15, -0.1) is 0 Å². The molecule has 8 nitrogen and oxygen atoms in total. The predicted octanol–water partition coefficient (Wildman–Crippen LogP) is -0.349. The third-order valence-electron chi connectivity index (χ3n) is 3.17. The summed E-state index contributed by atoms with van der Waals surface area (Å²) in [6.07, 6.45) is -4.08. The molecular weight excluding hydrogens is 293 g/mol. The van der Waals surface area contributed by atoms with E-state index in [1.54, 1.807) is 0 Å². The van der Waals surface area contributed by atoms with Crippen molar-refractivity contribution >= 4 is 28.6 Å². The molecule has 2 aromatic heterocycles. The molecule has 0 spiro atoms. The second-order valence-corrected chi connectivity index (χ2v) is 4.72. The molecule has 1 fully saturated rings. The maximum atomic E-state index is 14.1. The Morgan fingerprint density at radius 3 is 2.90 bits per heavy atom. The highest BCUT2D eigenvalue weighted by atomic mass is 35.5. The van der Waals surface area contributed by atoms with Gasteiger partial charge >= 0.3 is 0 Å². The van der Waals surface area contributed by atoms with Crippen LogP contribution in [0.25, 0.3) is 11.2 Å². The van der Waals surface area contributed by atoms with Gasteiger partial charge in [-0.25, -0.2) is 9.37 Å². The number of nitrogens with two attached hydrogens (primary N) is 1. The van der Waals surface area contributed by atoms with Gasteiger partial charge in [-0.3, -0.25) is 4.57 Å². The fraction of sp³-hybridized carbons (Fsp3) is 0.500. The molecule has 3 rings (SSSR count). The number of nitrogen functional groups attached to an aromatic ring is 1. The third-order valence-corrected chi connectivity index (χ3v) is 3.34. The van der Waals surface area contributed by atoms with Gasteiger partial charge in [0.1, 0.15) is 17.7 Å². The van der Waals surface area contributed by atoms with Crippen LogP contribution in [0.4, 0.5) is 10.2 Å². The molecule has 0 aromatic carbocycles. The monoisotopic (exact) mass is 303 g/mol. The Balaban J connectivity index is 2.07. The number of rotatable bonds is 2. The molecule has 10 heteroatoms. The number of imidazole rings is 1. The molecule has 1 aliphatic rings. The number of aromatic nitrogens is 4. The van der Waals surface area contributed by atoms with Crippen molar-refractivity contribution in [3.8, 4) is 0 Å². The van der Waals surface area contributed by atoms with Crippen LogP contribution in [0.2, 0.25) is 5.28 Å². The lowest BCUT2D eigenvalue weighted by Crippen LogP contribution is -2.30. The van der Waals surface area contributed by atoms with Crippen molar-refractivity contribution in [2.24, 2.45) is 0 Å². The van der Waals surface area contributed by atoms with Crippen LogP contribution in [0.3, 0.4) is 0 Å². The van der Waals surface area contributed by atoms with Crippen molar-refractivity contribution < 1.29 is 19.3 Å². The Morgan fingerprint density at radius 2 is 2.25 bits per heavy atom. The minimum absolute atomic E-state index is 0.0615. The van der Waals surface area contributed by atoms with E-state index in [0.717, 1.165) is 0 Å². The van der Waals surface area contributed by atoms with Crippen molar-refractivity contribution in [2.45, 2.75) is 24.6 Å². The van der Waals surface area contributed by atoms with Crippen LogP contribution in [0, 0.1) is 0 Å². The van der Waals surface area contributed by atoms with Crippen molar-refractivity contribution in [3.05, 3.63) is 11.6 Å². The average molecular weight is 304 g/mol. The van der Waals surface area contributed by atoms with E-state index in [-0.39, 0.29) is 22.3 Å². The van der Waals surface area contributed by atoms with Gasteiger partial charge in [0.2, 0.25) is 5.28 Å². The van der Waals surface area contributed by atoms with Gasteiger partial charge in [0.05, 0.1) is 12.9 Å². The number of anilines is 1. The summed E-state index contributed by atoms with van der Waals surface area (Å²) >= 11 is 5.71. The molecule has 0 radical (unpaired) electrons. The number of ether oxygens (including phenoxy) is 1. The lowest BCUT2D eigenvalue weighted by molar-refractivity contribution is -0.0459. The molecule has 0 amide bonds. The first-order valence-corrected chi connectivity index (χ1v) is 6.14. The molecule has 20 heavy (non-hydrogen) atoms. The Labute approximate surface area is 117 Å². The molecule has 2 aromatic rings. The van der Waals surface area contributed by atoms with Gasteiger partial charge in [-0.2, -0.15) is 9.97 Å². The zero-order valence-electron chi connectivity index (χ0n) is 10.0. The maximum Gasteiger partial charge on any atom is 0.226 e. The highest BCUT2D eigenvalue weighted by molar-refractivity contribution is 6.28. The summed E-state index contributed by atoms with van der Waals surface area (Å²) in [4.78, 5) is 11.7. The summed E-state index contributed by atoms with van der Waals surface area (Å²) < 4.78 is 20.6. The molecule has 0 bridgehead atoms. The fourth-order valence-electron chi connectivity index (χ4n) is 2.18. The van der Waals surface area contributed by atoms with Crippen LogP contribution in [-0.4, -0.2) is 54.7 Å². The van der Waals surface area contributed by atoms with E-state index in [1.807, 2.05) is 0 Å². The molecule has 3 heterocycles. The standard InChI is InChI=1S/C10H11ClFN5O3/c11-10-15-7(13)5-8(16-10)17(2-14-5)9-4(12)6(19)3(1-18)20-9/h2-4,6,9,18-19H,1H2,(H2,13,15,16)/t3-,4-,6-,9-/m1/s1. The normalized spacial score (nSPS) is 30.2. The summed E-state index contributed by atoms with van der Waals surface area (Å²) in [5.41, 5.74) is 6.10. The van der Waals surface area contributed by atoms with Crippen molar-refractivity contribution in [2.75, 3.05) is 12.3 Å². The SMILES string of the molecule is Nc1nc(Cl)nc2c1ncn2[C@@H]1O[C@H](CO)[C@@H](O)[C@H]1F. The summed E-state index contributed by atoms with van der Waals surface area (Å²) in [6, 6.07) is 0. The highest BCUT2D eigenvalue weighted by Crippen LogP contribution is 2.34. The Kier molecular flexibility index (Phi) is 3.21. The first kappa shape index (κ1) is 13.4. The zero-order valence-corrected chi connectivity index (χ0v) is 10.8. The quantitative estimate of drug-likeness (QED) is 0.649. The fourth-order valence-corrected chi connectivity index (χ4v) is 2.35. The summed E-state index contributed by atoms with van der Waals surface area (Å²) in [5.74, 6) is 0.0615. The third kappa shape index (κ3) is 1.90. The Morgan fingerprint density at radius 1 is 1.50 bits per heavy atom. The van der Waals surface area contributed by atoms with Gasteiger partial charge in [-0.1, -0.05) is 0 Å². The lowest BCUT2D eigenvalue weighted by atomic mass is 10.1. The molecule has 0 saturated carbocycles. The average Bonchev–Trinajstić information content (AvgIpc) is 2.93. The maximum absolute atomic E-state index is 14.1. The number of halogens is 2. The molecule has 1 aliphatic heterocycles. The molecule has 108 valence electrons. The minimum atomic E-state index is -1.74.